The van der Waals surface area contributed by atoms with Crippen molar-refractivity contribution in [2.24, 2.45) is 0 Å². The fourth-order valence-corrected chi connectivity index (χ4v) is 2.54. The summed E-state index contributed by atoms with van der Waals surface area (Å²) in [6.45, 7) is 2.19. The zero-order chi connectivity index (χ0) is 17.6. The van der Waals surface area contributed by atoms with Gasteiger partial charge in [-0.3, -0.25) is 4.79 Å². The molecule has 1 aromatic heterocycles. The van der Waals surface area contributed by atoms with Gasteiger partial charge in [-0.1, -0.05) is 48.5 Å². The number of aromatic nitrogens is 2. The predicted molar refractivity (Wildman–Crippen MR) is 96.4 cm³/mol. The Morgan fingerprint density at radius 3 is 2.52 bits per heavy atom. The summed E-state index contributed by atoms with van der Waals surface area (Å²) < 4.78 is 5.30. The second kappa shape index (κ2) is 7.57. The van der Waals surface area contributed by atoms with E-state index >= 15 is 0 Å². The Morgan fingerprint density at radius 2 is 1.80 bits per heavy atom. The van der Waals surface area contributed by atoms with Crippen molar-refractivity contribution in [3.63, 3.8) is 0 Å². The van der Waals surface area contributed by atoms with Gasteiger partial charge in [0, 0.05) is 23.9 Å². The van der Waals surface area contributed by atoms with Crippen LogP contribution >= 0.6 is 0 Å². The molecular formula is C20H19N3O2. The van der Waals surface area contributed by atoms with Crippen LogP contribution in [0.1, 0.15) is 21.6 Å². The summed E-state index contributed by atoms with van der Waals surface area (Å²) in [6, 6.07) is 17.3. The van der Waals surface area contributed by atoms with Crippen molar-refractivity contribution >= 4 is 5.91 Å². The maximum Gasteiger partial charge on any atom is 0.254 e. The average Bonchev–Trinajstić information content (AvgIpc) is 2.67. The van der Waals surface area contributed by atoms with E-state index in [1.807, 2.05) is 61.5 Å². The van der Waals surface area contributed by atoms with E-state index in [2.05, 4.69) is 15.3 Å². The van der Waals surface area contributed by atoms with Crippen LogP contribution in [-0.4, -0.2) is 23.0 Å². The van der Waals surface area contributed by atoms with Crippen molar-refractivity contribution in [1.29, 1.82) is 0 Å². The van der Waals surface area contributed by atoms with Crippen molar-refractivity contribution in [2.45, 2.75) is 13.5 Å². The molecule has 1 N–H and O–H groups in total. The standard InChI is InChI=1S/C20H19N3O2/c1-14-17(13-21-19(23-14)15-8-4-3-5-9-15)20(24)22-12-16-10-6-7-11-18(16)25-2/h3-11,13H,12H2,1-2H3,(H,22,24). The van der Waals surface area contributed by atoms with Crippen LogP contribution in [-0.2, 0) is 6.54 Å². The quantitative estimate of drug-likeness (QED) is 0.777. The first-order valence-electron chi connectivity index (χ1n) is 7.98. The molecule has 2 aromatic carbocycles. The minimum absolute atomic E-state index is 0.206. The van der Waals surface area contributed by atoms with Gasteiger partial charge in [0.1, 0.15) is 5.75 Å². The van der Waals surface area contributed by atoms with Crippen molar-refractivity contribution in [3.05, 3.63) is 77.6 Å². The Labute approximate surface area is 146 Å². The van der Waals surface area contributed by atoms with Gasteiger partial charge in [-0.05, 0) is 13.0 Å². The Kier molecular flexibility index (Phi) is 5.04. The summed E-state index contributed by atoms with van der Waals surface area (Å²) in [7, 11) is 1.61. The van der Waals surface area contributed by atoms with Gasteiger partial charge in [-0.25, -0.2) is 9.97 Å². The fraction of sp³-hybridized carbons (Fsp3) is 0.150. The summed E-state index contributed by atoms with van der Waals surface area (Å²) in [5.74, 6) is 1.15. The molecule has 3 aromatic rings. The third kappa shape index (κ3) is 3.83. The minimum atomic E-state index is -0.206. The number of hydrogen-bond acceptors (Lipinski definition) is 4. The van der Waals surface area contributed by atoms with Crippen LogP contribution in [0.25, 0.3) is 11.4 Å². The highest BCUT2D eigenvalue weighted by molar-refractivity contribution is 5.95. The van der Waals surface area contributed by atoms with Crippen molar-refractivity contribution in [1.82, 2.24) is 15.3 Å². The Balaban J connectivity index is 1.74. The van der Waals surface area contributed by atoms with E-state index in [0.717, 1.165) is 16.9 Å². The highest BCUT2D eigenvalue weighted by Crippen LogP contribution is 2.18. The lowest BCUT2D eigenvalue weighted by molar-refractivity contribution is 0.0949. The SMILES string of the molecule is COc1ccccc1CNC(=O)c1cnc(-c2ccccc2)nc1C. The largest absolute Gasteiger partial charge is 0.496 e. The highest BCUT2D eigenvalue weighted by atomic mass is 16.5. The lowest BCUT2D eigenvalue weighted by atomic mass is 10.1. The van der Waals surface area contributed by atoms with Gasteiger partial charge in [0.05, 0.1) is 18.4 Å². The number of carbonyl (C=O) groups is 1. The fourth-order valence-electron chi connectivity index (χ4n) is 2.54. The van der Waals surface area contributed by atoms with Crippen molar-refractivity contribution in [2.75, 3.05) is 7.11 Å². The van der Waals surface area contributed by atoms with Crippen LogP contribution in [0.3, 0.4) is 0 Å². The van der Waals surface area contributed by atoms with Gasteiger partial charge in [-0.2, -0.15) is 0 Å². The number of nitrogens with zero attached hydrogens (tertiary/aromatic N) is 2. The Morgan fingerprint density at radius 1 is 1.08 bits per heavy atom. The molecule has 5 nitrogen and oxygen atoms in total. The molecule has 0 fully saturated rings. The van der Waals surface area contributed by atoms with Gasteiger partial charge in [0.25, 0.3) is 5.91 Å². The van der Waals surface area contributed by atoms with E-state index in [1.54, 1.807) is 13.3 Å². The molecule has 5 heteroatoms. The Hall–Kier alpha value is -3.21. The number of ether oxygens (including phenoxy) is 1. The highest BCUT2D eigenvalue weighted by Gasteiger charge is 2.13. The molecule has 0 bridgehead atoms. The van der Waals surface area contributed by atoms with Gasteiger partial charge < -0.3 is 10.1 Å². The van der Waals surface area contributed by atoms with E-state index < -0.39 is 0 Å². The van der Waals surface area contributed by atoms with Gasteiger partial charge in [0.15, 0.2) is 5.82 Å². The first-order chi connectivity index (χ1) is 12.2. The van der Waals surface area contributed by atoms with E-state index in [1.165, 1.54) is 0 Å². The molecule has 126 valence electrons. The maximum absolute atomic E-state index is 12.5. The number of aryl methyl sites for hydroxylation is 1. The van der Waals surface area contributed by atoms with Crippen molar-refractivity contribution in [3.8, 4) is 17.1 Å². The molecule has 0 aliphatic heterocycles. The molecular weight excluding hydrogens is 314 g/mol. The molecule has 0 unspecified atom stereocenters. The molecule has 0 radical (unpaired) electrons. The summed E-state index contributed by atoms with van der Waals surface area (Å²) in [4.78, 5) is 21.2. The summed E-state index contributed by atoms with van der Waals surface area (Å²) in [5, 5.41) is 2.89. The monoisotopic (exact) mass is 333 g/mol. The molecule has 1 heterocycles. The van der Waals surface area contributed by atoms with Crippen LogP contribution in [0, 0.1) is 6.92 Å². The van der Waals surface area contributed by atoms with E-state index in [-0.39, 0.29) is 5.91 Å². The van der Waals surface area contributed by atoms with Crippen LogP contribution in [0.15, 0.2) is 60.8 Å². The first-order valence-corrected chi connectivity index (χ1v) is 7.98. The lowest BCUT2D eigenvalue weighted by Crippen LogP contribution is -2.24. The third-order valence-corrected chi connectivity index (χ3v) is 3.89. The number of rotatable bonds is 5. The number of nitrogens with one attached hydrogen (secondary N) is 1. The zero-order valence-electron chi connectivity index (χ0n) is 14.2. The Bertz CT molecular complexity index is 879. The molecule has 25 heavy (non-hydrogen) atoms. The van der Waals surface area contributed by atoms with Crippen LogP contribution in [0.5, 0.6) is 5.75 Å². The molecule has 0 atom stereocenters. The molecule has 0 saturated heterocycles. The number of para-hydroxylation sites is 1. The topological polar surface area (TPSA) is 64.1 Å². The first kappa shape index (κ1) is 16.6. The molecule has 0 saturated carbocycles. The van der Waals surface area contributed by atoms with Crippen molar-refractivity contribution < 1.29 is 9.53 Å². The number of benzene rings is 2. The normalized spacial score (nSPS) is 10.3. The molecule has 3 rings (SSSR count). The van der Waals surface area contributed by atoms with Gasteiger partial charge in [0.2, 0.25) is 0 Å². The number of amides is 1. The molecule has 0 aliphatic rings. The van der Waals surface area contributed by atoms with Crippen LogP contribution < -0.4 is 10.1 Å². The lowest BCUT2D eigenvalue weighted by Gasteiger charge is -2.11. The maximum atomic E-state index is 12.5. The minimum Gasteiger partial charge on any atom is -0.496 e. The molecule has 0 spiro atoms. The summed E-state index contributed by atoms with van der Waals surface area (Å²) in [5.41, 5.74) is 2.95. The van der Waals surface area contributed by atoms with Gasteiger partial charge in [-0.15, -0.1) is 0 Å². The van der Waals surface area contributed by atoms with Gasteiger partial charge >= 0.3 is 0 Å². The zero-order valence-corrected chi connectivity index (χ0v) is 14.2. The number of hydrogen-bond donors (Lipinski definition) is 1. The second-order valence-electron chi connectivity index (χ2n) is 5.55. The third-order valence-electron chi connectivity index (χ3n) is 3.89. The summed E-state index contributed by atoms with van der Waals surface area (Å²) in [6.07, 6.45) is 1.57. The number of carbonyl (C=O) groups excluding carboxylic acids is 1. The number of methoxy groups -OCH3 is 1. The van der Waals surface area contributed by atoms with Crippen LogP contribution in [0.4, 0.5) is 0 Å². The predicted octanol–water partition coefficient (Wildman–Crippen LogP) is 3.39. The molecule has 0 aliphatic carbocycles. The summed E-state index contributed by atoms with van der Waals surface area (Å²) >= 11 is 0. The van der Waals surface area contributed by atoms with E-state index in [9.17, 15) is 4.79 Å². The molecule has 1 amide bonds. The van der Waals surface area contributed by atoms with Crippen LogP contribution in [0.2, 0.25) is 0 Å². The average molecular weight is 333 g/mol. The van der Waals surface area contributed by atoms with E-state index in [0.29, 0.717) is 23.6 Å². The van der Waals surface area contributed by atoms with E-state index in [4.69, 9.17) is 4.74 Å². The second-order valence-corrected chi connectivity index (χ2v) is 5.55. The smallest absolute Gasteiger partial charge is 0.254 e.